The lowest BCUT2D eigenvalue weighted by Crippen LogP contribution is -2.56. The molecule has 3 aliphatic carbocycles. The molecule has 5 fully saturated rings. The largest absolute Gasteiger partial charge is 0.432 e. The van der Waals surface area contributed by atoms with Gasteiger partial charge in [0.25, 0.3) is 0 Å². The van der Waals surface area contributed by atoms with E-state index in [4.69, 9.17) is 9.47 Å². The van der Waals surface area contributed by atoms with E-state index in [2.05, 4.69) is 13.8 Å². The zero-order valence-electron chi connectivity index (χ0n) is 15.7. The van der Waals surface area contributed by atoms with Gasteiger partial charge in [-0.15, -0.1) is 0 Å². The van der Waals surface area contributed by atoms with E-state index in [0.717, 1.165) is 25.7 Å². The lowest BCUT2D eigenvalue weighted by atomic mass is 9.46. The summed E-state index contributed by atoms with van der Waals surface area (Å²) in [6.45, 7) is 6.54. The molecule has 0 aromatic heterocycles. The molecule has 0 radical (unpaired) electrons. The first kappa shape index (κ1) is 16.3. The van der Waals surface area contributed by atoms with E-state index in [1.807, 2.05) is 0 Å². The molecular weight excluding hydrogens is 316 g/mol. The highest BCUT2D eigenvalue weighted by molar-refractivity contribution is 5.79. The molecule has 1 spiro atoms. The van der Waals surface area contributed by atoms with E-state index in [-0.39, 0.29) is 34.6 Å². The van der Waals surface area contributed by atoms with Gasteiger partial charge in [-0.1, -0.05) is 13.8 Å². The second-order valence-electron chi connectivity index (χ2n) is 9.95. The van der Waals surface area contributed by atoms with Crippen molar-refractivity contribution in [2.24, 2.45) is 34.5 Å². The fourth-order valence-corrected chi connectivity index (χ4v) is 7.92. The van der Waals surface area contributed by atoms with Gasteiger partial charge in [0.2, 0.25) is 6.29 Å². The van der Waals surface area contributed by atoms with Crippen LogP contribution in [-0.4, -0.2) is 23.6 Å². The van der Waals surface area contributed by atoms with Gasteiger partial charge in [0, 0.05) is 17.8 Å². The van der Waals surface area contributed by atoms with E-state index >= 15 is 0 Å². The van der Waals surface area contributed by atoms with Gasteiger partial charge in [-0.3, -0.25) is 9.59 Å². The molecular formula is C21H30O4. The van der Waals surface area contributed by atoms with E-state index < -0.39 is 0 Å². The fraction of sp³-hybridized carbons (Fsp3) is 0.905. The normalized spacial score (nSPS) is 56.6. The molecule has 2 saturated heterocycles. The number of Topliss-reactive ketones (excluding diaryl/α,β-unsaturated/α-hetero) is 1. The van der Waals surface area contributed by atoms with Crippen LogP contribution in [0.4, 0.5) is 0 Å². The summed E-state index contributed by atoms with van der Waals surface area (Å²) in [6.07, 6.45) is 7.89. The Hall–Kier alpha value is -0.900. The average molecular weight is 346 g/mol. The Labute approximate surface area is 150 Å². The maximum atomic E-state index is 12.2. The molecule has 0 aromatic rings. The minimum absolute atomic E-state index is 0.0440. The quantitative estimate of drug-likeness (QED) is 0.534. The molecule has 5 rings (SSSR count). The minimum Gasteiger partial charge on any atom is -0.432 e. The molecule has 0 amide bonds. The topological polar surface area (TPSA) is 55.9 Å². The lowest BCUT2D eigenvalue weighted by Gasteiger charge is -2.58. The van der Waals surface area contributed by atoms with Gasteiger partial charge < -0.3 is 9.47 Å². The van der Waals surface area contributed by atoms with Crippen LogP contribution in [0.1, 0.15) is 72.1 Å². The van der Waals surface area contributed by atoms with Crippen molar-refractivity contribution in [3.63, 3.8) is 0 Å². The maximum Gasteiger partial charge on any atom is 0.308 e. The van der Waals surface area contributed by atoms with Gasteiger partial charge >= 0.3 is 5.97 Å². The van der Waals surface area contributed by atoms with Crippen LogP contribution >= 0.6 is 0 Å². The third kappa shape index (κ3) is 1.87. The number of rotatable bonds is 1. The summed E-state index contributed by atoms with van der Waals surface area (Å²) < 4.78 is 11.6. The molecule has 0 N–H and O–H groups in total. The number of hydrogen-bond acceptors (Lipinski definition) is 4. The number of carbonyl (C=O) groups is 2. The van der Waals surface area contributed by atoms with Gasteiger partial charge in [0.1, 0.15) is 11.4 Å². The zero-order valence-corrected chi connectivity index (χ0v) is 15.7. The molecule has 2 aliphatic heterocycles. The molecule has 0 bridgehead atoms. The summed E-state index contributed by atoms with van der Waals surface area (Å²) in [5.74, 6) is 2.49. The van der Waals surface area contributed by atoms with Crippen LogP contribution in [0.25, 0.3) is 0 Å². The number of hydrogen-bond donors (Lipinski definition) is 0. The molecule has 5 aliphatic rings. The first-order valence-electron chi connectivity index (χ1n) is 10.2. The van der Waals surface area contributed by atoms with Gasteiger partial charge in [-0.05, 0) is 75.0 Å². The van der Waals surface area contributed by atoms with E-state index in [1.54, 1.807) is 6.92 Å². The smallest absolute Gasteiger partial charge is 0.308 e. The minimum atomic E-state index is -0.296. The molecule has 138 valence electrons. The zero-order chi connectivity index (χ0) is 17.6. The number of ketones is 1. The standard InChI is InChI=1S/C21H30O4/c1-12(22)14-4-5-15-13-6-11-21-18(25-21)24-17(23)8-10-20(21,3)16(13)7-9-19(14,15)2/h13-16,18H,4-11H2,1-3H3/t13-,14+,15-,16-,18+,19+,20+,21-/m0/s1. The summed E-state index contributed by atoms with van der Waals surface area (Å²) in [4.78, 5) is 24.2. The van der Waals surface area contributed by atoms with Crippen LogP contribution < -0.4 is 0 Å². The molecule has 8 atom stereocenters. The first-order valence-corrected chi connectivity index (χ1v) is 10.2. The van der Waals surface area contributed by atoms with Crippen molar-refractivity contribution in [2.75, 3.05) is 0 Å². The van der Waals surface area contributed by atoms with Gasteiger partial charge in [-0.25, -0.2) is 0 Å². The Kier molecular flexibility index (Phi) is 3.18. The highest BCUT2D eigenvalue weighted by atomic mass is 16.8. The molecule has 25 heavy (non-hydrogen) atoms. The number of epoxide rings is 1. The second-order valence-corrected chi connectivity index (χ2v) is 9.95. The molecule has 4 nitrogen and oxygen atoms in total. The maximum absolute atomic E-state index is 12.2. The van der Waals surface area contributed by atoms with Gasteiger partial charge in [0.05, 0.1) is 0 Å². The third-order valence-electron chi connectivity index (χ3n) is 9.29. The summed E-state index contributed by atoms with van der Waals surface area (Å²) in [7, 11) is 0. The van der Waals surface area contributed by atoms with Crippen LogP contribution in [0.5, 0.6) is 0 Å². The van der Waals surface area contributed by atoms with Crippen molar-refractivity contribution in [1.29, 1.82) is 0 Å². The van der Waals surface area contributed by atoms with Crippen LogP contribution in [0.2, 0.25) is 0 Å². The SMILES string of the molecule is CC(=O)[C@H]1CC[C@H]2[C@@H]3CC[C@]45O[C@H]4OC(=O)CC[C@]5(C)[C@H]3CC[C@]12C. The first-order chi connectivity index (χ1) is 11.8. The summed E-state index contributed by atoms with van der Waals surface area (Å²) in [6, 6.07) is 0. The number of ether oxygens (including phenoxy) is 2. The van der Waals surface area contributed by atoms with E-state index in [0.29, 0.717) is 30.0 Å². The van der Waals surface area contributed by atoms with Crippen LogP contribution in [0, 0.1) is 34.5 Å². The Morgan fingerprint density at radius 2 is 1.84 bits per heavy atom. The molecule has 2 heterocycles. The predicted octanol–water partition coefficient (Wildman–Crippen LogP) is 3.87. The Morgan fingerprint density at radius 1 is 1.04 bits per heavy atom. The monoisotopic (exact) mass is 346 g/mol. The number of carbonyl (C=O) groups excluding carboxylic acids is 2. The highest BCUT2D eigenvalue weighted by Gasteiger charge is 2.75. The van der Waals surface area contributed by atoms with E-state index in [9.17, 15) is 9.59 Å². The van der Waals surface area contributed by atoms with Crippen molar-refractivity contribution in [3.05, 3.63) is 0 Å². The molecule has 3 saturated carbocycles. The van der Waals surface area contributed by atoms with Crippen molar-refractivity contribution in [2.45, 2.75) is 84.0 Å². The van der Waals surface area contributed by atoms with Crippen molar-refractivity contribution in [3.8, 4) is 0 Å². The Morgan fingerprint density at radius 3 is 2.60 bits per heavy atom. The van der Waals surface area contributed by atoms with Crippen LogP contribution in [0.3, 0.4) is 0 Å². The number of fused-ring (bicyclic) bond motifs is 4. The van der Waals surface area contributed by atoms with Crippen molar-refractivity contribution in [1.82, 2.24) is 0 Å². The summed E-state index contributed by atoms with van der Waals surface area (Å²) in [5.41, 5.74) is 0.0176. The highest BCUT2D eigenvalue weighted by Crippen LogP contribution is 2.72. The lowest BCUT2D eigenvalue weighted by molar-refractivity contribution is -0.149. The summed E-state index contributed by atoms with van der Waals surface area (Å²) in [5, 5.41) is 0. The third-order valence-corrected chi connectivity index (χ3v) is 9.29. The predicted molar refractivity (Wildman–Crippen MR) is 91.5 cm³/mol. The Balaban J connectivity index is 1.49. The molecule has 0 unspecified atom stereocenters. The molecule has 4 heteroatoms. The van der Waals surface area contributed by atoms with E-state index in [1.165, 1.54) is 19.3 Å². The summed E-state index contributed by atoms with van der Waals surface area (Å²) >= 11 is 0. The average Bonchev–Trinajstić information content (AvgIpc) is 3.13. The van der Waals surface area contributed by atoms with Gasteiger partial charge in [-0.2, -0.15) is 0 Å². The Bertz CT molecular complexity index is 644. The molecule has 0 aromatic carbocycles. The van der Waals surface area contributed by atoms with Gasteiger partial charge in [0.15, 0.2) is 0 Å². The second kappa shape index (κ2) is 4.88. The van der Waals surface area contributed by atoms with Crippen LogP contribution in [0.15, 0.2) is 0 Å². The van der Waals surface area contributed by atoms with Crippen molar-refractivity contribution >= 4 is 11.8 Å². The van der Waals surface area contributed by atoms with Crippen molar-refractivity contribution < 1.29 is 19.1 Å². The fourth-order valence-electron chi connectivity index (χ4n) is 7.92. The van der Waals surface area contributed by atoms with Crippen LogP contribution in [-0.2, 0) is 19.1 Å². The number of esters is 1.